The van der Waals surface area contributed by atoms with Crippen molar-refractivity contribution in [3.63, 3.8) is 0 Å². The van der Waals surface area contributed by atoms with Crippen LogP contribution in [0.2, 0.25) is 0 Å². The van der Waals surface area contributed by atoms with Crippen molar-refractivity contribution in [3.8, 4) is 12.5 Å². The maximum Gasteiger partial charge on any atom is 0.308 e. The Labute approximate surface area is 33.8 Å². The molecule has 4 nitrogen and oxygen atoms in total. The SMILES string of the molecule is C#CO[N+](=O)[O-]. The summed E-state index contributed by atoms with van der Waals surface area (Å²) in [6.45, 7) is 0. The number of hydrogen-bond acceptors (Lipinski definition) is 3. The van der Waals surface area contributed by atoms with E-state index in [1.807, 2.05) is 0 Å². The van der Waals surface area contributed by atoms with Crippen molar-refractivity contribution in [2.75, 3.05) is 0 Å². The first-order chi connectivity index (χ1) is 2.77. The quantitative estimate of drug-likeness (QED) is 0.252. The molecule has 0 saturated carbocycles. The lowest BCUT2D eigenvalue weighted by Gasteiger charge is -1.73. The van der Waals surface area contributed by atoms with Crippen LogP contribution in [0.5, 0.6) is 0 Å². The Morgan fingerprint density at radius 1 is 2.00 bits per heavy atom. The minimum atomic E-state index is -1.06. The summed E-state index contributed by atoms with van der Waals surface area (Å²) in [4.78, 5) is 12.3. The molecule has 0 unspecified atom stereocenters. The van der Waals surface area contributed by atoms with Crippen LogP contribution in [-0.4, -0.2) is 5.09 Å². The molecule has 0 saturated heterocycles. The summed E-state index contributed by atoms with van der Waals surface area (Å²) in [5.74, 6) is 0. The van der Waals surface area contributed by atoms with Gasteiger partial charge in [-0.2, -0.15) is 0 Å². The number of rotatable bonds is 1. The fourth-order valence-corrected chi connectivity index (χ4v) is 0.0430. The second-order valence-electron chi connectivity index (χ2n) is 0.433. The van der Waals surface area contributed by atoms with Crippen molar-refractivity contribution in [1.82, 2.24) is 0 Å². The van der Waals surface area contributed by atoms with E-state index in [0.717, 1.165) is 0 Å². The van der Waals surface area contributed by atoms with Gasteiger partial charge in [0.1, 0.15) is 0 Å². The van der Waals surface area contributed by atoms with Gasteiger partial charge >= 0.3 is 5.09 Å². The highest BCUT2D eigenvalue weighted by Crippen LogP contribution is 1.62. The van der Waals surface area contributed by atoms with Gasteiger partial charge < -0.3 is 0 Å². The molecule has 0 aromatic rings. The Morgan fingerprint density at radius 3 is 2.50 bits per heavy atom. The number of terminal acetylenes is 1. The average molecular weight is 87.0 g/mol. The van der Waals surface area contributed by atoms with Gasteiger partial charge in [-0.05, 0) is 0 Å². The molecule has 0 aliphatic heterocycles. The molecule has 0 aromatic carbocycles. The van der Waals surface area contributed by atoms with Crippen molar-refractivity contribution in [1.29, 1.82) is 0 Å². The summed E-state index contributed by atoms with van der Waals surface area (Å²) in [7, 11) is 0. The molecular weight excluding hydrogens is 86.0 g/mol. The van der Waals surface area contributed by atoms with E-state index in [1.165, 1.54) is 6.11 Å². The summed E-state index contributed by atoms with van der Waals surface area (Å²) in [6, 6.07) is 0. The molecule has 0 rings (SSSR count). The van der Waals surface area contributed by atoms with Gasteiger partial charge in [-0.25, -0.2) is 4.84 Å². The van der Waals surface area contributed by atoms with Gasteiger partial charge in [0, 0.05) is 0 Å². The summed E-state index contributed by atoms with van der Waals surface area (Å²) in [5, 5.41) is 7.98. The molecule has 32 valence electrons. The van der Waals surface area contributed by atoms with Crippen LogP contribution in [-0.2, 0) is 4.84 Å². The van der Waals surface area contributed by atoms with Crippen LogP contribution in [0.1, 0.15) is 0 Å². The largest absolute Gasteiger partial charge is 0.308 e. The summed E-state index contributed by atoms with van der Waals surface area (Å²) >= 11 is 0. The van der Waals surface area contributed by atoms with Crippen LogP contribution in [0.4, 0.5) is 0 Å². The smallest absolute Gasteiger partial charge is 0.223 e. The lowest BCUT2D eigenvalue weighted by molar-refractivity contribution is -0.731. The van der Waals surface area contributed by atoms with E-state index in [2.05, 4.69) is 11.3 Å². The van der Waals surface area contributed by atoms with Gasteiger partial charge in [-0.1, -0.05) is 6.42 Å². The monoisotopic (exact) mass is 87.0 g/mol. The molecule has 0 aliphatic rings. The molecule has 0 heterocycles. The normalized spacial score (nSPS) is 5.83. The molecule has 4 heteroatoms. The van der Waals surface area contributed by atoms with E-state index in [1.54, 1.807) is 0 Å². The van der Waals surface area contributed by atoms with Gasteiger partial charge in [-0.3, -0.25) is 0 Å². The van der Waals surface area contributed by atoms with E-state index >= 15 is 0 Å². The molecule has 0 amide bonds. The van der Waals surface area contributed by atoms with E-state index in [9.17, 15) is 0 Å². The topological polar surface area (TPSA) is 52.4 Å². The molecule has 0 aliphatic carbocycles. The molecule has 0 radical (unpaired) electrons. The first-order valence-electron chi connectivity index (χ1n) is 1.04. The average Bonchev–Trinajstić information content (AvgIpc) is 1.35. The van der Waals surface area contributed by atoms with Crippen LogP contribution >= 0.6 is 0 Å². The summed E-state index contributed by atoms with van der Waals surface area (Å²) in [5.41, 5.74) is 0. The van der Waals surface area contributed by atoms with Gasteiger partial charge in [-0.15, -0.1) is 10.1 Å². The first-order valence-corrected chi connectivity index (χ1v) is 1.04. The molecule has 6 heavy (non-hydrogen) atoms. The van der Waals surface area contributed by atoms with Crippen LogP contribution in [0, 0.1) is 22.6 Å². The third-order valence-electron chi connectivity index (χ3n) is 0.127. The highest BCUT2D eigenvalue weighted by Gasteiger charge is 1.81. The van der Waals surface area contributed by atoms with E-state index in [4.69, 9.17) is 10.1 Å². The number of hydrogen-bond donors (Lipinski definition) is 0. The fourth-order valence-electron chi connectivity index (χ4n) is 0.0430. The van der Waals surface area contributed by atoms with Crippen molar-refractivity contribution >= 4 is 0 Å². The second-order valence-corrected chi connectivity index (χ2v) is 0.433. The highest BCUT2D eigenvalue weighted by molar-refractivity contribution is 4.64. The van der Waals surface area contributed by atoms with E-state index < -0.39 is 5.09 Å². The van der Waals surface area contributed by atoms with E-state index in [-0.39, 0.29) is 0 Å². The zero-order valence-electron chi connectivity index (χ0n) is 2.75. The van der Waals surface area contributed by atoms with Crippen molar-refractivity contribution < 1.29 is 9.92 Å². The Bertz CT molecular complexity index is 91.5. The molecule has 0 bridgehead atoms. The van der Waals surface area contributed by atoms with Gasteiger partial charge in [0.15, 0.2) is 0 Å². The predicted octanol–water partition coefficient (Wildman–Crippen LogP) is -0.215. The molecule has 0 N–H and O–H groups in total. The minimum absolute atomic E-state index is 1.06. The Balaban J connectivity index is 3.13. The van der Waals surface area contributed by atoms with Crippen molar-refractivity contribution in [2.24, 2.45) is 0 Å². The third-order valence-corrected chi connectivity index (χ3v) is 0.127. The Morgan fingerprint density at radius 2 is 2.50 bits per heavy atom. The molecule has 0 aromatic heterocycles. The van der Waals surface area contributed by atoms with Gasteiger partial charge in [0.05, 0.1) is 6.11 Å². The maximum atomic E-state index is 9.04. The lowest BCUT2D eigenvalue weighted by atomic mass is 11.3. The predicted molar refractivity (Wildman–Crippen MR) is 16.9 cm³/mol. The Kier molecular flexibility index (Phi) is 1.61. The van der Waals surface area contributed by atoms with E-state index in [0.29, 0.717) is 0 Å². The second kappa shape index (κ2) is 2.03. The number of nitrogens with zero attached hydrogens (tertiary/aromatic N) is 1. The third kappa shape index (κ3) is 2.76. The molecule has 0 fully saturated rings. The van der Waals surface area contributed by atoms with Crippen LogP contribution < -0.4 is 0 Å². The fraction of sp³-hybridized carbons (Fsp3) is 0. The summed E-state index contributed by atoms with van der Waals surface area (Å²) in [6.07, 6.45) is 5.68. The summed E-state index contributed by atoms with van der Waals surface area (Å²) < 4.78 is 0. The maximum absolute atomic E-state index is 9.04. The van der Waals surface area contributed by atoms with Gasteiger partial charge in [0.25, 0.3) is 0 Å². The lowest BCUT2D eigenvalue weighted by Crippen LogP contribution is -1.91. The standard InChI is InChI=1S/C2HNO3/c1-2-6-3(4)5/h1H. The highest BCUT2D eigenvalue weighted by atomic mass is 16.9. The van der Waals surface area contributed by atoms with Crippen LogP contribution in [0.25, 0.3) is 0 Å². The first kappa shape index (κ1) is 4.76. The van der Waals surface area contributed by atoms with Gasteiger partial charge in [0.2, 0.25) is 0 Å². The molecule has 0 spiro atoms. The molecular formula is C2HNO3. The molecule has 0 atom stereocenters. The van der Waals surface area contributed by atoms with Crippen LogP contribution in [0.3, 0.4) is 0 Å². The zero-order chi connectivity index (χ0) is 4.99. The van der Waals surface area contributed by atoms with Crippen molar-refractivity contribution in [2.45, 2.75) is 0 Å². The van der Waals surface area contributed by atoms with Crippen LogP contribution in [0.15, 0.2) is 0 Å². The minimum Gasteiger partial charge on any atom is -0.223 e. The Hall–Kier alpha value is -1.24. The van der Waals surface area contributed by atoms with Crippen molar-refractivity contribution in [3.05, 3.63) is 10.1 Å². The zero-order valence-corrected chi connectivity index (χ0v) is 2.75.